The molecule has 1 aliphatic rings. The molecule has 7 heteroatoms. The molecule has 164 valence electrons. The van der Waals surface area contributed by atoms with Crippen LogP contribution < -0.4 is 5.43 Å². The second kappa shape index (κ2) is 9.70. The van der Waals surface area contributed by atoms with Crippen molar-refractivity contribution in [1.29, 1.82) is 0 Å². The first kappa shape index (κ1) is 21.6. The average Bonchev–Trinajstić information content (AvgIpc) is 2.81. The summed E-state index contributed by atoms with van der Waals surface area (Å²) in [4.78, 5) is 29.4. The van der Waals surface area contributed by atoms with Crippen LogP contribution in [-0.2, 0) is 0 Å². The third-order valence-electron chi connectivity index (χ3n) is 5.52. The van der Waals surface area contributed by atoms with Gasteiger partial charge in [-0.25, -0.2) is 9.07 Å². The SMILES string of the molecule is Cc1cc(=O)c(C(=O)N2CCN(C/C=C/c3ccccc3)CC2)nn1-c1ccccc1F. The molecule has 6 nitrogen and oxygen atoms in total. The van der Waals surface area contributed by atoms with Crippen molar-refractivity contribution in [2.24, 2.45) is 0 Å². The Hall–Kier alpha value is -3.58. The number of benzene rings is 2. The highest BCUT2D eigenvalue weighted by molar-refractivity contribution is 5.92. The summed E-state index contributed by atoms with van der Waals surface area (Å²) in [5, 5.41) is 4.23. The summed E-state index contributed by atoms with van der Waals surface area (Å²) in [5.74, 6) is -0.887. The van der Waals surface area contributed by atoms with Crippen LogP contribution in [0.5, 0.6) is 0 Å². The minimum atomic E-state index is -0.470. The number of hydrogen-bond acceptors (Lipinski definition) is 4. The first-order valence-electron chi connectivity index (χ1n) is 10.6. The number of rotatable bonds is 5. The molecule has 0 N–H and O–H groups in total. The maximum absolute atomic E-state index is 14.3. The number of aromatic nitrogens is 2. The second-order valence-corrected chi connectivity index (χ2v) is 7.77. The summed E-state index contributed by atoms with van der Waals surface area (Å²) in [6, 6.07) is 17.6. The predicted octanol–water partition coefficient (Wildman–Crippen LogP) is 3.15. The summed E-state index contributed by atoms with van der Waals surface area (Å²) in [6.45, 7) is 4.88. The molecule has 0 saturated carbocycles. The Morgan fingerprint density at radius 3 is 2.44 bits per heavy atom. The van der Waals surface area contributed by atoms with Crippen LogP contribution in [0.25, 0.3) is 11.8 Å². The van der Waals surface area contributed by atoms with Crippen molar-refractivity contribution in [2.75, 3.05) is 32.7 Å². The summed E-state index contributed by atoms with van der Waals surface area (Å²) >= 11 is 0. The molecule has 2 heterocycles. The van der Waals surface area contributed by atoms with Crippen LogP contribution in [-0.4, -0.2) is 58.2 Å². The maximum Gasteiger partial charge on any atom is 0.278 e. The lowest BCUT2D eigenvalue weighted by Crippen LogP contribution is -2.49. The van der Waals surface area contributed by atoms with Gasteiger partial charge in [-0.15, -0.1) is 0 Å². The van der Waals surface area contributed by atoms with Crippen molar-refractivity contribution in [1.82, 2.24) is 19.6 Å². The molecule has 1 aromatic heterocycles. The Labute approximate surface area is 186 Å². The molecule has 0 spiro atoms. The molecule has 4 rings (SSSR count). The molecule has 1 saturated heterocycles. The van der Waals surface area contributed by atoms with Gasteiger partial charge in [0.25, 0.3) is 5.91 Å². The Morgan fingerprint density at radius 2 is 1.72 bits per heavy atom. The molecule has 1 aliphatic heterocycles. The fourth-order valence-corrected chi connectivity index (χ4v) is 3.75. The van der Waals surface area contributed by atoms with Crippen LogP contribution in [0.15, 0.2) is 71.5 Å². The van der Waals surface area contributed by atoms with Crippen molar-refractivity contribution in [3.8, 4) is 5.69 Å². The van der Waals surface area contributed by atoms with Gasteiger partial charge in [0, 0.05) is 44.5 Å². The Bertz CT molecular complexity index is 1180. The van der Waals surface area contributed by atoms with E-state index in [4.69, 9.17) is 0 Å². The van der Waals surface area contributed by atoms with Crippen molar-refractivity contribution < 1.29 is 9.18 Å². The smallest absolute Gasteiger partial charge is 0.278 e. The number of carbonyl (C=O) groups is 1. The Balaban J connectivity index is 1.43. The van der Waals surface area contributed by atoms with Crippen molar-refractivity contribution >= 4 is 12.0 Å². The Morgan fingerprint density at radius 1 is 1.03 bits per heavy atom. The number of hydrogen-bond donors (Lipinski definition) is 0. The highest BCUT2D eigenvalue weighted by atomic mass is 19.1. The van der Waals surface area contributed by atoms with Gasteiger partial charge < -0.3 is 4.90 Å². The second-order valence-electron chi connectivity index (χ2n) is 7.77. The summed E-state index contributed by atoms with van der Waals surface area (Å²) in [7, 11) is 0. The predicted molar refractivity (Wildman–Crippen MR) is 122 cm³/mol. The van der Waals surface area contributed by atoms with E-state index >= 15 is 0 Å². The van der Waals surface area contributed by atoms with Gasteiger partial charge in [0.2, 0.25) is 5.43 Å². The highest BCUT2D eigenvalue weighted by Crippen LogP contribution is 2.14. The lowest BCUT2D eigenvalue weighted by molar-refractivity contribution is 0.0641. The van der Waals surface area contributed by atoms with Gasteiger partial charge in [-0.05, 0) is 24.6 Å². The fraction of sp³-hybridized carbons (Fsp3) is 0.240. The molecule has 1 fully saturated rings. The van der Waals surface area contributed by atoms with Gasteiger partial charge in [0.1, 0.15) is 11.5 Å². The van der Waals surface area contributed by atoms with Crippen molar-refractivity contribution in [3.05, 3.63) is 99.7 Å². The van der Waals surface area contributed by atoms with Crippen molar-refractivity contribution in [3.63, 3.8) is 0 Å². The molecule has 0 unspecified atom stereocenters. The number of para-hydroxylation sites is 1. The number of nitrogens with zero attached hydrogens (tertiary/aromatic N) is 4. The first-order chi connectivity index (χ1) is 15.5. The van der Waals surface area contributed by atoms with Crippen LogP contribution in [0.4, 0.5) is 4.39 Å². The average molecular weight is 432 g/mol. The third-order valence-corrected chi connectivity index (χ3v) is 5.52. The van der Waals surface area contributed by atoms with Gasteiger partial charge in [-0.3, -0.25) is 14.5 Å². The van der Waals surface area contributed by atoms with E-state index in [0.29, 0.717) is 31.9 Å². The zero-order valence-electron chi connectivity index (χ0n) is 17.9. The van der Waals surface area contributed by atoms with Gasteiger partial charge in [-0.1, -0.05) is 54.6 Å². The monoisotopic (exact) mass is 432 g/mol. The number of halogens is 1. The first-order valence-corrected chi connectivity index (χ1v) is 10.6. The van der Waals surface area contributed by atoms with Gasteiger partial charge in [0.05, 0.1) is 0 Å². The van der Waals surface area contributed by atoms with E-state index in [1.165, 1.54) is 16.8 Å². The zero-order chi connectivity index (χ0) is 22.5. The van der Waals surface area contributed by atoms with E-state index in [1.54, 1.807) is 30.0 Å². The van der Waals surface area contributed by atoms with Crippen LogP contribution >= 0.6 is 0 Å². The third kappa shape index (κ3) is 4.84. The number of piperazine rings is 1. The fourth-order valence-electron chi connectivity index (χ4n) is 3.75. The van der Waals surface area contributed by atoms with E-state index in [9.17, 15) is 14.0 Å². The minimum Gasteiger partial charge on any atom is -0.335 e. The topological polar surface area (TPSA) is 58.4 Å². The van der Waals surface area contributed by atoms with Gasteiger partial charge in [0.15, 0.2) is 5.69 Å². The lowest BCUT2D eigenvalue weighted by Gasteiger charge is -2.33. The molecule has 0 radical (unpaired) electrons. The number of amides is 1. The molecule has 32 heavy (non-hydrogen) atoms. The van der Waals surface area contributed by atoms with E-state index in [1.807, 2.05) is 18.2 Å². The molecule has 2 aromatic carbocycles. The van der Waals surface area contributed by atoms with Crippen LogP contribution in [0.1, 0.15) is 21.7 Å². The van der Waals surface area contributed by atoms with Crippen LogP contribution in [0, 0.1) is 12.7 Å². The molecule has 3 aromatic rings. The van der Waals surface area contributed by atoms with E-state index in [-0.39, 0.29) is 11.4 Å². The van der Waals surface area contributed by atoms with Crippen LogP contribution in [0.3, 0.4) is 0 Å². The standard InChI is InChI=1S/C25H25FN4O2/c1-19-18-23(31)24(27-30(19)22-12-6-5-11-21(22)26)25(32)29-16-14-28(15-17-29)13-7-10-20-8-3-2-4-9-20/h2-12,18H,13-17H2,1H3/b10-7+. The quantitative estimate of drug-likeness (QED) is 0.622. The van der Waals surface area contributed by atoms with Crippen LogP contribution in [0.2, 0.25) is 0 Å². The van der Waals surface area contributed by atoms with E-state index in [0.717, 1.165) is 12.1 Å². The molecule has 0 atom stereocenters. The highest BCUT2D eigenvalue weighted by Gasteiger charge is 2.25. The maximum atomic E-state index is 14.3. The normalized spacial score (nSPS) is 14.8. The molecule has 0 aliphatic carbocycles. The van der Waals surface area contributed by atoms with Crippen molar-refractivity contribution in [2.45, 2.75) is 6.92 Å². The van der Waals surface area contributed by atoms with E-state index < -0.39 is 17.2 Å². The molecule has 0 bridgehead atoms. The lowest BCUT2D eigenvalue weighted by atomic mass is 10.2. The molecule has 1 amide bonds. The largest absolute Gasteiger partial charge is 0.335 e. The molecular weight excluding hydrogens is 407 g/mol. The summed E-state index contributed by atoms with van der Waals surface area (Å²) < 4.78 is 15.6. The van der Waals surface area contributed by atoms with Gasteiger partial charge >= 0.3 is 0 Å². The minimum absolute atomic E-state index is 0.184. The molecular formula is C25H25FN4O2. The summed E-state index contributed by atoms with van der Waals surface area (Å²) in [6.07, 6.45) is 4.19. The summed E-state index contributed by atoms with van der Waals surface area (Å²) in [5.41, 5.74) is 1.18. The van der Waals surface area contributed by atoms with Gasteiger partial charge in [-0.2, -0.15) is 5.10 Å². The zero-order valence-corrected chi connectivity index (χ0v) is 17.9. The number of carbonyl (C=O) groups excluding carboxylic acids is 1. The number of aryl methyl sites for hydroxylation is 1. The van der Waals surface area contributed by atoms with E-state index in [2.05, 4.69) is 34.3 Å². The Kier molecular flexibility index (Phi) is 6.56.